The molecule has 8 heteroatoms. The zero-order valence-electron chi connectivity index (χ0n) is 17.9. The minimum atomic E-state index is -1.05. The monoisotopic (exact) mass is 464 g/mol. The molecule has 0 aromatic heterocycles. The normalized spacial score (nSPS) is 22.1. The Kier molecular flexibility index (Phi) is 5.23. The first-order valence-electron chi connectivity index (χ1n) is 10.4. The van der Waals surface area contributed by atoms with Crippen LogP contribution in [0.15, 0.2) is 66.7 Å². The Bertz CT molecular complexity index is 1250. The van der Waals surface area contributed by atoms with Gasteiger partial charge in [0.25, 0.3) is 5.91 Å². The lowest BCUT2D eigenvalue weighted by molar-refractivity contribution is -0.126. The molecule has 0 saturated carbocycles. The van der Waals surface area contributed by atoms with Gasteiger partial charge in [0.1, 0.15) is 12.0 Å². The predicted molar refractivity (Wildman–Crippen MR) is 123 cm³/mol. The molecule has 3 aromatic rings. The number of carbonyl (C=O) groups excluding carboxylic acids is 2. The largest absolute Gasteiger partial charge is 0.504 e. The molecular formula is C25H21ClN2O5. The molecule has 2 aliphatic rings. The molecule has 7 nitrogen and oxygen atoms in total. The van der Waals surface area contributed by atoms with Crippen molar-refractivity contribution in [1.29, 1.82) is 0 Å². The molecule has 33 heavy (non-hydrogen) atoms. The van der Waals surface area contributed by atoms with E-state index in [1.54, 1.807) is 43.3 Å². The van der Waals surface area contributed by atoms with E-state index in [-0.39, 0.29) is 11.5 Å². The molecule has 1 N–H and O–H groups in total. The molecule has 3 atom stereocenters. The number of aromatic hydroxyl groups is 1. The zero-order chi connectivity index (χ0) is 23.3. The summed E-state index contributed by atoms with van der Waals surface area (Å²) in [4.78, 5) is 34.4. The molecule has 0 bridgehead atoms. The van der Waals surface area contributed by atoms with Gasteiger partial charge in [0, 0.05) is 10.6 Å². The topological polar surface area (TPSA) is 79.3 Å². The number of benzene rings is 3. The highest BCUT2D eigenvalue weighted by atomic mass is 35.5. The second-order valence-electron chi connectivity index (χ2n) is 7.95. The second-order valence-corrected chi connectivity index (χ2v) is 8.36. The van der Waals surface area contributed by atoms with Crippen LogP contribution in [0, 0.1) is 12.8 Å². The lowest BCUT2D eigenvalue weighted by Crippen LogP contribution is -2.37. The van der Waals surface area contributed by atoms with E-state index in [0.29, 0.717) is 27.5 Å². The lowest BCUT2D eigenvalue weighted by atomic mass is 9.90. The number of fused-ring (bicyclic) bond motifs is 1. The highest BCUT2D eigenvalue weighted by molar-refractivity contribution is 6.32. The lowest BCUT2D eigenvalue weighted by Gasteiger charge is -2.29. The van der Waals surface area contributed by atoms with Crippen molar-refractivity contribution in [1.82, 2.24) is 0 Å². The number of anilines is 2. The van der Waals surface area contributed by atoms with E-state index in [1.807, 2.05) is 30.3 Å². The van der Waals surface area contributed by atoms with Crippen LogP contribution in [-0.2, 0) is 14.4 Å². The Morgan fingerprint density at radius 3 is 2.42 bits per heavy atom. The summed E-state index contributed by atoms with van der Waals surface area (Å²) in [5.74, 6) is -1.60. The number of hydroxylamine groups is 1. The van der Waals surface area contributed by atoms with Gasteiger partial charge in [-0.15, -0.1) is 0 Å². The minimum absolute atomic E-state index is 0.104. The van der Waals surface area contributed by atoms with Gasteiger partial charge in [-0.2, -0.15) is 0 Å². The van der Waals surface area contributed by atoms with Crippen molar-refractivity contribution in [3.63, 3.8) is 0 Å². The Morgan fingerprint density at radius 1 is 0.970 bits per heavy atom. The second kappa shape index (κ2) is 8.10. The highest BCUT2D eigenvalue weighted by Crippen LogP contribution is 2.51. The van der Waals surface area contributed by atoms with Crippen LogP contribution in [-0.4, -0.2) is 30.1 Å². The molecule has 0 aliphatic carbocycles. The van der Waals surface area contributed by atoms with Crippen LogP contribution in [0.3, 0.4) is 0 Å². The van der Waals surface area contributed by atoms with Crippen molar-refractivity contribution < 1.29 is 24.3 Å². The van der Waals surface area contributed by atoms with E-state index in [2.05, 4.69) is 0 Å². The van der Waals surface area contributed by atoms with Crippen LogP contribution < -0.4 is 14.7 Å². The van der Waals surface area contributed by atoms with Crippen LogP contribution in [0.5, 0.6) is 11.5 Å². The summed E-state index contributed by atoms with van der Waals surface area (Å²) in [6, 6.07) is 18.6. The third-order valence-corrected chi connectivity index (χ3v) is 6.58. The van der Waals surface area contributed by atoms with Crippen LogP contribution in [0.2, 0.25) is 5.02 Å². The van der Waals surface area contributed by atoms with Crippen molar-refractivity contribution in [2.75, 3.05) is 17.1 Å². The van der Waals surface area contributed by atoms with E-state index in [4.69, 9.17) is 21.2 Å². The van der Waals surface area contributed by atoms with Gasteiger partial charge in [-0.05, 0) is 42.8 Å². The van der Waals surface area contributed by atoms with E-state index in [1.165, 1.54) is 12.2 Å². The number of carbonyl (C=O) groups is 2. The van der Waals surface area contributed by atoms with E-state index in [9.17, 15) is 14.7 Å². The van der Waals surface area contributed by atoms with E-state index < -0.39 is 29.9 Å². The van der Waals surface area contributed by atoms with E-state index in [0.717, 1.165) is 4.90 Å². The fraction of sp³-hybridized carbons (Fsp3) is 0.200. The summed E-state index contributed by atoms with van der Waals surface area (Å²) >= 11 is 6.25. The minimum Gasteiger partial charge on any atom is -0.504 e. The maximum Gasteiger partial charge on any atom is 0.266 e. The SMILES string of the molecule is COc1cccc([C@@H]2[C@@H]3C(=O)N(c4cccc(Cl)c4C)C(=O)[C@@H]3ON2c2ccccc2)c1O. The van der Waals surface area contributed by atoms with Gasteiger partial charge < -0.3 is 9.84 Å². The molecule has 0 radical (unpaired) electrons. The molecule has 0 unspecified atom stereocenters. The summed E-state index contributed by atoms with van der Waals surface area (Å²) in [5, 5.41) is 12.9. The highest BCUT2D eigenvalue weighted by Gasteiger charge is 2.61. The predicted octanol–water partition coefficient (Wildman–Crippen LogP) is 4.41. The van der Waals surface area contributed by atoms with Gasteiger partial charge >= 0.3 is 0 Å². The van der Waals surface area contributed by atoms with Gasteiger partial charge in [0.2, 0.25) is 5.91 Å². The smallest absolute Gasteiger partial charge is 0.266 e. The average molecular weight is 465 g/mol. The number of rotatable bonds is 4. The number of phenolic OH excluding ortho intramolecular Hbond substituents is 1. The number of phenols is 1. The molecule has 2 aliphatic heterocycles. The van der Waals surface area contributed by atoms with Crippen molar-refractivity contribution in [3.05, 3.63) is 82.9 Å². The first-order valence-corrected chi connectivity index (χ1v) is 10.8. The van der Waals surface area contributed by atoms with Gasteiger partial charge in [0.05, 0.1) is 18.5 Å². The Labute approximate surface area is 195 Å². The standard InChI is InChI=1S/C25H21ClN2O5/c1-14-17(26)11-7-12-18(14)27-24(30)20-21(16-10-6-13-19(32-2)22(16)29)28(33-23(20)25(27)31)15-8-4-3-5-9-15/h3-13,20-21,23,29H,1-2H3/t20-,21+,23+/m0/s1. The average Bonchev–Trinajstić information content (AvgIpc) is 3.33. The summed E-state index contributed by atoms with van der Waals surface area (Å²) in [6.45, 7) is 1.76. The summed E-state index contributed by atoms with van der Waals surface area (Å²) in [6.07, 6.45) is -1.05. The first-order chi connectivity index (χ1) is 15.9. The molecule has 0 spiro atoms. The number of methoxy groups -OCH3 is 1. The molecule has 168 valence electrons. The van der Waals surface area contributed by atoms with Crippen molar-refractivity contribution in [2.24, 2.45) is 5.92 Å². The number of ether oxygens (including phenoxy) is 1. The molecule has 2 fully saturated rings. The molecule has 3 aromatic carbocycles. The third-order valence-electron chi connectivity index (χ3n) is 6.17. The number of hydrogen-bond donors (Lipinski definition) is 1. The molecule has 2 saturated heterocycles. The van der Waals surface area contributed by atoms with Gasteiger partial charge in [-0.25, -0.2) is 9.96 Å². The Balaban J connectivity index is 1.64. The summed E-state index contributed by atoms with van der Waals surface area (Å²) in [7, 11) is 1.45. The van der Waals surface area contributed by atoms with Crippen molar-refractivity contribution in [3.8, 4) is 11.5 Å². The van der Waals surface area contributed by atoms with Crippen LogP contribution in [0.1, 0.15) is 17.2 Å². The number of hydrogen-bond acceptors (Lipinski definition) is 6. The van der Waals surface area contributed by atoms with Crippen LogP contribution in [0.25, 0.3) is 0 Å². The molecular weight excluding hydrogens is 444 g/mol. The number of nitrogens with zero attached hydrogens (tertiary/aromatic N) is 2. The molecule has 2 amide bonds. The van der Waals surface area contributed by atoms with Gasteiger partial charge in [0.15, 0.2) is 17.6 Å². The number of halogens is 1. The van der Waals surface area contributed by atoms with Crippen molar-refractivity contribution in [2.45, 2.75) is 19.1 Å². The molecule has 5 rings (SSSR count). The summed E-state index contributed by atoms with van der Waals surface area (Å²) in [5.41, 5.74) is 2.14. The summed E-state index contributed by atoms with van der Waals surface area (Å²) < 4.78 is 5.28. The van der Waals surface area contributed by atoms with Gasteiger partial charge in [-0.3, -0.25) is 14.4 Å². The number of imide groups is 1. The Morgan fingerprint density at radius 2 is 1.70 bits per heavy atom. The van der Waals surface area contributed by atoms with Crippen LogP contribution >= 0.6 is 11.6 Å². The maximum atomic E-state index is 13.7. The quantitative estimate of drug-likeness (QED) is 0.576. The van der Waals surface area contributed by atoms with E-state index >= 15 is 0 Å². The third kappa shape index (κ3) is 3.23. The zero-order valence-corrected chi connectivity index (χ0v) is 18.7. The molecule has 2 heterocycles. The maximum absolute atomic E-state index is 13.7. The fourth-order valence-corrected chi connectivity index (χ4v) is 4.72. The van der Waals surface area contributed by atoms with Crippen LogP contribution in [0.4, 0.5) is 11.4 Å². The first kappa shape index (κ1) is 21.3. The number of amides is 2. The fourth-order valence-electron chi connectivity index (χ4n) is 4.55. The van der Waals surface area contributed by atoms with Crippen molar-refractivity contribution >= 4 is 34.8 Å². The Hall–Kier alpha value is -3.55. The number of para-hydroxylation sites is 2. The van der Waals surface area contributed by atoms with Gasteiger partial charge in [-0.1, -0.05) is 48.0 Å².